The minimum atomic E-state index is -0.227. The Bertz CT molecular complexity index is 896. The Morgan fingerprint density at radius 1 is 1.18 bits per heavy atom. The molecule has 0 N–H and O–H groups in total. The minimum Gasteiger partial charge on any atom is -0.372 e. The maximum absolute atomic E-state index is 6.37. The van der Waals surface area contributed by atoms with Gasteiger partial charge < -0.3 is 9.47 Å². The summed E-state index contributed by atoms with van der Waals surface area (Å²) in [6.45, 7) is 3.79. The second-order valence-electron chi connectivity index (χ2n) is 7.78. The fraction of sp³-hybridized carbons (Fsp3) is 0.348. The number of rotatable bonds is 6. The Morgan fingerprint density at radius 3 is 2.71 bits per heavy atom. The summed E-state index contributed by atoms with van der Waals surface area (Å²) >= 11 is 0. The number of hydrogen-bond acceptors (Lipinski definition) is 4. The molecule has 1 aliphatic heterocycles. The van der Waals surface area contributed by atoms with E-state index in [1.54, 1.807) is 0 Å². The fourth-order valence-corrected chi connectivity index (χ4v) is 4.23. The molecule has 0 radical (unpaired) electrons. The first-order valence-corrected chi connectivity index (χ1v) is 9.76. The topological polar surface area (TPSA) is 33.5 Å². The van der Waals surface area contributed by atoms with E-state index in [4.69, 9.17) is 4.84 Å². The Morgan fingerprint density at radius 2 is 2.00 bits per heavy atom. The highest BCUT2D eigenvalue weighted by Crippen LogP contribution is 2.41. The largest absolute Gasteiger partial charge is 0.372 e. The minimum absolute atomic E-state index is 0.110. The maximum atomic E-state index is 6.37. The third-order valence-electron chi connectivity index (χ3n) is 5.71. The smallest absolute Gasteiger partial charge is 0.0990 e. The van der Waals surface area contributed by atoms with Gasteiger partial charge in [-0.25, -0.2) is 4.98 Å². The van der Waals surface area contributed by atoms with Crippen molar-refractivity contribution in [1.82, 2.24) is 14.6 Å². The van der Waals surface area contributed by atoms with E-state index >= 15 is 0 Å². The fourth-order valence-electron chi connectivity index (χ4n) is 4.23. The quantitative estimate of drug-likeness (QED) is 0.654. The molecule has 28 heavy (non-hydrogen) atoms. The van der Waals surface area contributed by atoms with E-state index in [2.05, 4.69) is 89.1 Å². The van der Waals surface area contributed by atoms with Crippen LogP contribution in [0.1, 0.15) is 17.5 Å². The summed E-state index contributed by atoms with van der Waals surface area (Å²) in [6, 6.07) is 19.2. The highest BCUT2D eigenvalue weighted by atomic mass is 16.7. The van der Waals surface area contributed by atoms with Crippen LogP contribution in [0.25, 0.3) is 0 Å². The van der Waals surface area contributed by atoms with Crippen molar-refractivity contribution < 1.29 is 4.84 Å². The van der Waals surface area contributed by atoms with Gasteiger partial charge in [-0.2, -0.15) is 5.06 Å². The number of anilines is 1. The average Bonchev–Trinajstić information content (AvgIpc) is 3.31. The molecule has 0 bridgehead atoms. The van der Waals surface area contributed by atoms with Crippen molar-refractivity contribution in [3.63, 3.8) is 0 Å². The van der Waals surface area contributed by atoms with Gasteiger partial charge in [0.15, 0.2) is 0 Å². The monoisotopic (exact) mass is 376 g/mol. The number of imidazole rings is 1. The van der Waals surface area contributed by atoms with Crippen molar-refractivity contribution in [2.75, 3.05) is 25.5 Å². The van der Waals surface area contributed by atoms with Crippen LogP contribution >= 0.6 is 0 Å². The number of hydrogen-bond donors (Lipinski definition) is 0. The molecule has 1 aliphatic rings. The van der Waals surface area contributed by atoms with Gasteiger partial charge in [0.1, 0.15) is 0 Å². The Labute approximate surface area is 167 Å². The van der Waals surface area contributed by atoms with Crippen LogP contribution in [-0.4, -0.2) is 41.4 Å². The highest BCUT2D eigenvalue weighted by molar-refractivity contribution is 5.45. The zero-order chi connectivity index (χ0) is 19.6. The van der Waals surface area contributed by atoms with E-state index < -0.39 is 0 Å². The van der Waals surface area contributed by atoms with E-state index in [-0.39, 0.29) is 11.6 Å². The van der Waals surface area contributed by atoms with Crippen LogP contribution in [0.5, 0.6) is 0 Å². The summed E-state index contributed by atoms with van der Waals surface area (Å²) in [5, 5.41) is 2.06. The third kappa shape index (κ3) is 3.68. The zero-order valence-corrected chi connectivity index (χ0v) is 16.8. The first-order valence-electron chi connectivity index (χ1n) is 9.76. The number of para-hydroxylation sites is 1. The molecule has 1 saturated heterocycles. The molecule has 2 atom stereocenters. The van der Waals surface area contributed by atoms with Crippen LogP contribution in [0.2, 0.25) is 0 Å². The standard InChI is InChI=1S/C23H28N4O/c1-19-8-7-9-20(14-19)23(17-27-13-12-24-18-27)15-22(28-26(23)3)16-25(2)21-10-5-4-6-11-21/h4-14,18,22H,15-17H2,1-3H3. The Kier molecular flexibility index (Phi) is 5.20. The lowest BCUT2D eigenvalue weighted by molar-refractivity contribution is -0.172. The van der Waals surface area contributed by atoms with Gasteiger partial charge in [-0.05, 0) is 24.6 Å². The van der Waals surface area contributed by atoms with Gasteiger partial charge in [0, 0.05) is 51.7 Å². The van der Waals surface area contributed by atoms with E-state index in [9.17, 15) is 0 Å². The summed E-state index contributed by atoms with van der Waals surface area (Å²) in [5.41, 5.74) is 3.53. The van der Waals surface area contributed by atoms with Crippen molar-refractivity contribution in [3.8, 4) is 0 Å². The predicted molar refractivity (Wildman–Crippen MR) is 112 cm³/mol. The SMILES string of the molecule is Cc1cccc(C2(Cn3ccnc3)CC(CN(C)c3ccccc3)ON2C)c1. The molecule has 5 nitrogen and oxygen atoms in total. The van der Waals surface area contributed by atoms with Crippen molar-refractivity contribution in [1.29, 1.82) is 0 Å². The number of nitrogens with zero attached hydrogens (tertiary/aromatic N) is 4. The molecule has 4 rings (SSSR count). The molecular formula is C23H28N4O. The van der Waals surface area contributed by atoms with Gasteiger partial charge in [0.2, 0.25) is 0 Å². The van der Waals surface area contributed by atoms with Crippen LogP contribution < -0.4 is 4.90 Å². The van der Waals surface area contributed by atoms with Crippen LogP contribution in [0.4, 0.5) is 5.69 Å². The number of benzene rings is 2. The lowest BCUT2D eigenvalue weighted by atomic mass is 9.84. The van der Waals surface area contributed by atoms with Crippen molar-refractivity contribution >= 4 is 5.69 Å². The van der Waals surface area contributed by atoms with Gasteiger partial charge in [-0.15, -0.1) is 0 Å². The van der Waals surface area contributed by atoms with Gasteiger partial charge in [0.25, 0.3) is 0 Å². The lowest BCUT2D eigenvalue weighted by Crippen LogP contribution is -2.41. The normalized spacial score (nSPS) is 22.5. The predicted octanol–water partition coefficient (Wildman–Crippen LogP) is 3.86. The first-order chi connectivity index (χ1) is 13.6. The number of hydroxylamine groups is 2. The second-order valence-corrected chi connectivity index (χ2v) is 7.78. The Hall–Kier alpha value is -2.63. The van der Waals surface area contributed by atoms with E-state index in [0.29, 0.717) is 0 Å². The lowest BCUT2D eigenvalue weighted by Gasteiger charge is -2.35. The molecule has 1 fully saturated rings. The highest BCUT2D eigenvalue weighted by Gasteiger charge is 2.47. The summed E-state index contributed by atoms with van der Waals surface area (Å²) in [7, 11) is 4.18. The van der Waals surface area contributed by atoms with Crippen LogP contribution in [0, 0.1) is 6.92 Å². The van der Waals surface area contributed by atoms with Crippen LogP contribution in [-0.2, 0) is 16.9 Å². The second kappa shape index (κ2) is 7.78. The van der Waals surface area contributed by atoms with Gasteiger partial charge in [-0.3, -0.25) is 4.84 Å². The van der Waals surface area contributed by atoms with Gasteiger partial charge >= 0.3 is 0 Å². The number of likely N-dealkylation sites (N-methyl/N-ethyl adjacent to an activating group) is 2. The molecule has 0 spiro atoms. The molecule has 2 heterocycles. The molecule has 3 aromatic rings. The molecule has 2 aromatic carbocycles. The van der Waals surface area contributed by atoms with Crippen molar-refractivity contribution in [2.45, 2.75) is 31.5 Å². The molecule has 0 amide bonds. The zero-order valence-electron chi connectivity index (χ0n) is 16.8. The molecule has 2 unspecified atom stereocenters. The van der Waals surface area contributed by atoms with E-state index in [0.717, 1.165) is 19.5 Å². The van der Waals surface area contributed by atoms with Crippen LogP contribution in [0.15, 0.2) is 73.3 Å². The van der Waals surface area contributed by atoms with Crippen molar-refractivity contribution in [3.05, 3.63) is 84.4 Å². The van der Waals surface area contributed by atoms with E-state index in [1.807, 2.05) is 24.8 Å². The van der Waals surface area contributed by atoms with Gasteiger partial charge in [0.05, 0.1) is 18.0 Å². The third-order valence-corrected chi connectivity index (χ3v) is 5.71. The number of aromatic nitrogens is 2. The summed E-state index contributed by atoms with van der Waals surface area (Å²) in [4.78, 5) is 12.9. The average molecular weight is 377 g/mol. The first kappa shape index (κ1) is 18.7. The summed E-state index contributed by atoms with van der Waals surface area (Å²) in [6.07, 6.45) is 6.77. The van der Waals surface area contributed by atoms with Crippen molar-refractivity contribution in [2.24, 2.45) is 0 Å². The van der Waals surface area contributed by atoms with E-state index in [1.165, 1.54) is 16.8 Å². The summed E-state index contributed by atoms with van der Waals surface area (Å²) in [5.74, 6) is 0. The molecular weight excluding hydrogens is 348 g/mol. The molecule has 0 saturated carbocycles. The number of aryl methyl sites for hydroxylation is 1. The van der Waals surface area contributed by atoms with Crippen LogP contribution in [0.3, 0.4) is 0 Å². The molecule has 146 valence electrons. The summed E-state index contributed by atoms with van der Waals surface area (Å²) < 4.78 is 2.14. The molecule has 5 heteroatoms. The maximum Gasteiger partial charge on any atom is 0.0990 e. The molecule has 0 aliphatic carbocycles. The Balaban J connectivity index is 1.61. The molecule has 1 aromatic heterocycles. The van der Waals surface area contributed by atoms with Gasteiger partial charge in [-0.1, -0.05) is 48.0 Å².